The molecule has 176 valence electrons. The number of nitrogens with zero attached hydrogens (tertiary/aromatic N) is 1. The van der Waals surface area contributed by atoms with E-state index >= 15 is 0 Å². The maximum Gasteiger partial charge on any atom is 0.165 e. The average Bonchev–Trinajstić information content (AvgIpc) is 3.12. The Labute approximate surface area is 192 Å². The van der Waals surface area contributed by atoms with Gasteiger partial charge < -0.3 is 24.2 Å². The average molecular weight is 442 g/mol. The lowest BCUT2D eigenvalue weighted by molar-refractivity contribution is -0.311. The van der Waals surface area contributed by atoms with Gasteiger partial charge in [-0.05, 0) is 69.7 Å². The van der Waals surface area contributed by atoms with Crippen LogP contribution in [0.3, 0.4) is 0 Å². The van der Waals surface area contributed by atoms with Crippen LogP contribution in [0.5, 0.6) is 11.5 Å². The summed E-state index contributed by atoms with van der Waals surface area (Å²) in [6, 6.07) is 4.82. The van der Waals surface area contributed by atoms with E-state index in [9.17, 15) is 5.11 Å². The van der Waals surface area contributed by atoms with E-state index in [1.807, 2.05) is 14.0 Å². The molecule has 4 fully saturated rings. The summed E-state index contributed by atoms with van der Waals surface area (Å²) >= 11 is 0. The highest BCUT2D eigenvalue weighted by atomic mass is 16.6. The lowest BCUT2D eigenvalue weighted by Crippen LogP contribution is -2.83. The molecule has 4 aliphatic carbocycles. The molecule has 5 nitrogen and oxygen atoms in total. The first-order chi connectivity index (χ1) is 15.0. The molecule has 2 heterocycles. The summed E-state index contributed by atoms with van der Waals surface area (Å²) in [5.41, 5.74) is 1.17. The smallest absolute Gasteiger partial charge is 0.165 e. The summed E-state index contributed by atoms with van der Waals surface area (Å²) in [5.74, 6) is 1.79. The Balaban J connectivity index is 1.65. The van der Waals surface area contributed by atoms with Gasteiger partial charge in [0.15, 0.2) is 11.5 Å². The molecular weight excluding hydrogens is 402 g/mol. The number of likely N-dealkylation sites (tertiary alicyclic amines) is 1. The Kier molecular flexibility index (Phi) is 4.00. The number of methoxy groups -OCH3 is 2. The third kappa shape index (κ3) is 2.01. The summed E-state index contributed by atoms with van der Waals surface area (Å²) in [7, 11) is 5.89. The fourth-order valence-electron chi connectivity index (χ4n) is 9.01. The van der Waals surface area contributed by atoms with Crippen LogP contribution in [-0.4, -0.2) is 61.2 Å². The van der Waals surface area contributed by atoms with Crippen LogP contribution >= 0.6 is 0 Å². The second-order valence-electron chi connectivity index (χ2n) is 12.5. The predicted octanol–water partition coefficient (Wildman–Crippen LogP) is 3.94. The van der Waals surface area contributed by atoms with Crippen molar-refractivity contribution in [2.75, 3.05) is 27.8 Å². The molecular formula is C27H39NO4. The van der Waals surface area contributed by atoms with Gasteiger partial charge in [0, 0.05) is 35.5 Å². The standard InChI is InChI=1S/C27H39NO4/c1-23(2,3)24(4,29)18-15-25-10-11-27(18,31-7)22-26(25)12-13-28(5)19(25)14-16-8-9-17(30-6)21(32-22)20(16)26/h8-9,18-19,22,29H,10-15H2,1-7H3/t18?,19?,22?,24-,25+,26?,27+/m0/s1. The van der Waals surface area contributed by atoms with Gasteiger partial charge in [0.05, 0.1) is 12.7 Å². The Morgan fingerprint density at radius 1 is 1.12 bits per heavy atom. The monoisotopic (exact) mass is 441 g/mol. The minimum Gasteiger partial charge on any atom is -0.493 e. The molecule has 4 bridgehead atoms. The topological polar surface area (TPSA) is 51.2 Å². The summed E-state index contributed by atoms with van der Waals surface area (Å²) in [5, 5.41) is 12.1. The third-order valence-electron chi connectivity index (χ3n) is 11.0. The Hall–Kier alpha value is -1.30. The van der Waals surface area contributed by atoms with E-state index in [4.69, 9.17) is 14.2 Å². The van der Waals surface area contributed by atoms with Crippen LogP contribution in [0.15, 0.2) is 12.1 Å². The minimum absolute atomic E-state index is 0.00253. The molecule has 7 rings (SSSR count). The molecule has 2 spiro atoms. The lowest BCUT2D eigenvalue weighted by atomic mass is 9.33. The molecule has 1 saturated heterocycles. The van der Waals surface area contributed by atoms with Crippen LogP contribution in [0.2, 0.25) is 0 Å². The molecule has 1 aromatic carbocycles. The number of ether oxygens (including phenoxy) is 3. The molecule has 0 radical (unpaired) electrons. The molecule has 3 saturated carbocycles. The van der Waals surface area contributed by atoms with Gasteiger partial charge in [-0.15, -0.1) is 0 Å². The van der Waals surface area contributed by atoms with Crippen LogP contribution < -0.4 is 9.47 Å². The van der Waals surface area contributed by atoms with E-state index in [-0.39, 0.29) is 28.3 Å². The summed E-state index contributed by atoms with van der Waals surface area (Å²) in [6.45, 7) is 9.59. The van der Waals surface area contributed by atoms with Gasteiger partial charge in [-0.2, -0.15) is 0 Å². The summed E-state index contributed by atoms with van der Waals surface area (Å²) in [6.07, 6.45) is 5.07. The van der Waals surface area contributed by atoms with Crippen LogP contribution in [0, 0.1) is 16.7 Å². The molecule has 1 N–H and O–H groups in total. The lowest BCUT2D eigenvalue weighted by Gasteiger charge is -2.75. The van der Waals surface area contributed by atoms with Crippen molar-refractivity contribution in [1.29, 1.82) is 0 Å². The highest BCUT2D eigenvalue weighted by Gasteiger charge is 2.82. The molecule has 0 aromatic heterocycles. The van der Waals surface area contributed by atoms with E-state index in [2.05, 4.69) is 44.9 Å². The maximum atomic E-state index is 12.1. The van der Waals surface area contributed by atoms with Gasteiger partial charge in [0.1, 0.15) is 11.7 Å². The molecule has 4 unspecified atom stereocenters. The summed E-state index contributed by atoms with van der Waals surface area (Å²) in [4.78, 5) is 2.60. The van der Waals surface area contributed by atoms with Gasteiger partial charge in [-0.25, -0.2) is 0 Å². The van der Waals surface area contributed by atoms with Gasteiger partial charge in [-0.3, -0.25) is 0 Å². The highest BCUT2D eigenvalue weighted by Crippen LogP contribution is 2.77. The normalized spacial score (nSPS) is 43.4. The number of aliphatic hydroxyl groups is 1. The fourth-order valence-corrected chi connectivity index (χ4v) is 9.01. The quantitative estimate of drug-likeness (QED) is 0.770. The highest BCUT2D eigenvalue weighted by molar-refractivity contribution is 5.63. The Morgan fingerprint density at radius 2 is 1.88 bits per heavy atom. The van der Waals surface area contributed by atoms with E-state index in [0.29, 0.717) is 6.04 Å². The zero-order chi connectivity index (χ0) is 22.9. The first-order valence-corrected chi connectivity index (χ1v) is 12.3. The van der Waals surface area contributed by atoms with Crippen LogP contribution in [0.25, 0.3) is 0 Å². The number of benzene rings is 1. The molecule has 32 heavy (non-hydrogen) atoms. The van der Waals surface area contributed by atoms with Gasteiger partial charge in [0.2, 0.25) is 0 Å². The Morgan fingerprint density at radius 3 is 2.53 bits per heavy atom. The fraction of sp³-hybridized carbons (Fsp3) is 0.778. The van der Waals surface area contributed by atoms with Crippen molar-refractivity contribution < 1.29 is 19.3 Å². The van der Waals surface area contributed by atoms with Gasteiger partial charge in [-0.1, -0.05) is 26.8 Å². The number of piperidine rings is 1. The van der Waals surface area contributed by atoms with E-state index in [0.717, 1.165) is 50.1 Å². The molecule has 5 heteroatoms. The van der Waals surface area contributed by atoms with Crippen molar-refractivity contribution in [3.63, 3.8) is 0 Å². The first-order valence-electron chi connectivity index (χ1n) is 12.3. The summed E-state index contributed by atoms with van der Waals surface area (Å²) < 4.78 is 19.4. The van der Waals surface area contributed by atoms with Crippen molar-refractivity contribution in [1.82, 2.24) is 4.90 Å². The number of hydrogen-bond donors (Lipinski definition) is 1. The van der Waals surface area contributed by atoms with Crippen molar-refractivity contribution in [3.8, 4) is 11.5 Å². The van der Waals surface area contributed by atoms with Crippen molar-refractivity contribution in [3.05, 3.63) is 23.3 Å². The third-order valence-corrected chi connectivity index (χ3v) is 11.0. The number of rotatable bonds is 3. The molecule has 2 aliphatic heterocycles. The van der Waals surface area contributed by atoms with Gasteiger partial charge >= 0.3 is 0 Å². The van der Waals surface area contributed by atoms with Gasteiger partial charge in [0.25, 0.3) is 0 Å². The molecule has 7 atom stereocenters. The number of likely N-dealkylation sites (N-methyl/N-ethyl adjacent to an activating group) is 1. The van der Waals surface area contributed by atoms with Crippen molar-refractivity contribution in [2.24, 2.45) is 16.7 Å². The van der Waals surface area contributed by atoms with E-state index in [1.165, 1.54) is 11.1 Å². The van der Waals surface area contributed by atoms with Crippen molar-refractivity contribution in [2.45, 2.75) is 88.6 Å². The number of fused-ring (bicyclic) bond motifs is 2. The first kappa shape index (κ1) is 21.2. The van der Waals surface area contributed by atoms with E-state index in [1.54, 1.807) is 7.11 Å². The SMILES string of the molecule is COc1ccc2c3c1OC1C34CCN(C)C(C2)[C@]42CC[C@@]1(OC)C([C@](C)(O)C(C)(C)C)C2. The van der Waals surface area contributed by atoms with Crippen LogP contribution in [0.1, 0.15) is 64.5 Å². The molecule has 1 aromatic rings. The minimum atomic E-state index is -0.882. The maximum absolute atomic E-state index is 12.1. The number of hydrogen-bond acceptors (Lipinski definition) is 5. The van der Waals surface area contributed by atoms with E-state index < -0.39 is 11.2 Å². The zero-order valence-electron chi connectivity index (χ0n) is 20.7. The zero-order valence-corrected chi connectivity index (χ0v) is 20.7. The molecule has 6 aliphatic rings. The van der Waals surface area contributed by atoms with Crippen LogP contribution in [-0.2, 0) is 16.6 Å². The van der Waals surface area contributed by atoms with Crippen LogP contribution in [0.4, 0.5) is 0 Å². The predicted molar refractivity (Wildman–Crippen MR) is 123 cm³/mol. The second kappa shape index (κ2) is 6.03. The second-order valence-corrected chi connectivity index (χ2v) is 12.5. The molecule has 0 amide bonds. The largest absolute Gasteiger partial charge is 0.493 e. The Bertz CT molecular complexity index is 983. The van der Waals surface area contributed by atoms with Crippen molar-refractivity contribution >= 4 is 0 Å².